The number of halogens is 6. The number of nitrogens with zero attached hydrogens (tertiary/aromatic N) is 1. The van der Waals surface area contributed by atoms with Crippen LogP contribution in [-0.2, 0) is 4.74 Å². The van der Waals surface area contributed by atoms with E-state index >= 15 is 0 Å². The topological polar surface area (TPSA) is 12.2 Å². The first kappa shape index (κ1) is 17.4. The van der Waals surface area contributed by atoms with Gasteiger partial charge in [-0.1, -0.05) is 0 Å². The predicted octanol–water partition coefficient (Wildman–Crippen LogP) is 3.69. The third-order valence-electron chi connectivity index (χ3n) is 0.316. The van der Waals surface area contributed by atoms with Crippen LogP contribution < -0.4 is 0 Å². The van der Waals surface area contributed by atoms with Gasteiger partial charge >= 0.3 is 68.5 Å². The van der Waals surface area contributed by atoms with E-state index in [0.717, 1.165) is 0 Å². The van der Waals surface area contributed by atoms with Crippen LogP contribution in [0.5, 0.6) is 0 Å². The van der Waals surface area contributed by atoms with Crippen LogP contribution in [-0.4, -0.2) is 41.3 Å². The van der Waals surface area contributed by atoms with Crippen LogP contribution in [0.3, 0.4) is 0 Å². The first-order valence-corrected chi connectivity index (χ1v) is 22.2. The van der Waals surface area contributed by atoms with Crippen LogP contribution in [0.2, 0.25) is 0 Å². The van der Waals surface area contributed by atoms with Gasteiger partial charge in [-0.05, 0) is 0 Å². The van der Waals surface area contributed by atoms with Crippen molar-refractivity contribution in [1.82, 2.24) is 0 Å². The Morgan fingerprint density at radius 1 is 1.00 bits per heavy atom. The fourth-order valence-corrected chi connectivity index (χ4v) is 0.211. The van der Waals surface area contributed by atoms with E-state index in [1.54, 1.807) is 13.5 Å². The van der Waals surface area contributed by atoms with Gasteiger partial charge in [0.25, 0.3) is 0 Å². The van der Waals surface area contributed by atoms with Gasteiger partial charge in [-0.25, -0.2) is 4.58 Å². The zero-order chi connectivity index (χ0) is 11.4. The normalized spacial score (nSPS) is 15.8. The fraction of sp³-hybridized carbons (Fsp3) is 0.750. The molecule has 0 saturated carbocycles. The Labute approximate surface area is 97.8 Å². The van der Waals surface area contributed by atoms with Gasteiger partial charge in [0.2, 0.25) is 0 Å². The van der Waals surface area contributed by atoms with Crippen LogP contribution in [0.4, 0.5) is 0 Å². The summed E-state index contributed by atoms with van der Waals surface area (Å²) in [5.41, 5.74) is 0. The molecule has 0 bridgehead atoms. The first-order valence-electron chi connectivity index (χ1n) is 2.81. The Bertz CT molecular complexity index is 176. The third-order valence-corrected chi connectivity index (χ3v) is 0.316. The summed E-state index contributed by atoms with van der Waals surface area (Å²) in [6.07, 6.45) is 1.62. The summed E-state index contributed by atoms with van der Waals surface area (Å²) in [6, 6.07) is 0. The molecule has 0 aliphatic carbocycles. The number of hydrogen-bond acceptors (Lipinski definition) is 1. The molecule has 2 nitrogen and oxygen atoms in total. The van der Waals surface area contributed by atoms with Crippen molar-refractivity contribution in [3.63, 3.8) is 0 Å². The number of methoxy groups -OCH3 is 1. The molecule has 0 rings (SSSR count). The summed E-state index contributed by atoms with van der Waals surface area (Å²) in [5.74, 6) is 0. The Balaban J connectivity index is 0. The van der Waals surface area contributed by atoms with E-state index in [4.69, 9.17) is 53.0 Å². The Morgan fingerprint density at radius 2 is 1.23 bits per heavy atom. The summed E-state index contributed by atoms with van der Waals surface area (Å²) in [7, 11) is 30.4. The van der Waals surface area contributed by atoms with Crippen LogP contribution in [0.25, 0.3) is 0 Å². The maximum atomic E-state index is 5.06. The van der Waals surface area contributed by atoms with Crippen molar-refractivity contribution in [2.45, 2.75) is 0 Å². The van der Waals surface area contributed by atoms with Gasteiger partial charge in [-0.15, -0.1) is 0 Å². The van der Waals surface area contributed by atoms with E-state index < -0.39 is 9.14 Å². The van der Waals surface area contributed by atoms with Crippen molar-refractivity contribution in [3.05, 3.63) is 0 Å². The standard InChI is InChI=1S/C4H10NO.6ClH.Sb/c1-5(2)4-6-3;;;;;;;/h4H,1-3H3;6*1H;/q+1;;;;;;;+5/p-6. The van der Waals surface area contributed by atoms with E-state index in [9.17, 15) is 0 Å². The molecule has 0 aromatic rings. The Kier molecular flexibility index (Phi) is 6.58. The van der Waals surface area contributed by atoms with Crippen molar-refractivity contribution in [2.24, 2.45) is 0 Å². The van der Waals surface area contributed by atoms with Crippen molar-refractivity contribution in [1.29, 1.82) is 0 Å². The Morgan fingerprint density at radius 3 is 1.23 bits per heavy atom. The van der Waals surface area contributed by atoms with Gasteiger partial charge in [0.15, 0.2) is 0 Å². The minimum atomic E-state index is -5.42. The molecule has 0 radical (unpaired) electrons. The van der Waals surface area contributed by atoms with Gasteiger partial charge in [0.1, 0.15) is 14.1 Å². The maximum absolute atomic E-state index is 5.42. The van der Waals surface area contributed by atoms with Gasteiger partial charge < -0.3 is 4.74 Å². The molecule has 0 saturated heterocycles. The van der Waals surface area contributed by atoms with Crippen LogP contribution in [0.15, 0.2) is 0 Å². The molecule has 0 aliphatic rings. The monoisotopic (exact) mass is 419 g/mol. The molecule has 0 spiro atoms. The second-order valence-corrected chi connectivity index (χ2v) is 59.2. The molecule has 9 heteroatoms. The summed E-state index contributed by atoms with van der Waals surface area (Å²) in [6.45, 7) is 0. The average Bonchev–Trinajstić information content (AvgIpc) is 1.53. The molecular formula is C4H10Cl6NOSb. The van der Waals surface area contributed by atoms with Gasteiger partial charge in [-0.2, -0.15) is 0 Å². The SMILES string of the molecule is COC=[N+](C)C.[Cl][Sb-]([Cl])([Cl])([Cl])([Cl])[Cl]. The summed E-state index contributed by atoms with van der Waals surface area (Å²) in [5, 5.41) is 0. The zero-order valence-electron chi connectivity index (χ0n) is 7.15. The molecule has 0 aromatic heterocycles. The van der Waals surface area contributed by atoms with E-state index in [1.807, 2.05) is 18.7 Å². The van der Waals surface area contributed by atoms with E-state index in [2.05, 4.69) is 4.74 Å². The number of rotatable bonds is 1. The van der Waals surface area contributed by atoms with Crippen LogP contribution >= 0.6 is 53.0 Å². The van der Waals surface area contributed by atoms with Crippen molar-refractivity contribution in [3.8, 4) is 0 Å². The van der Waals surface area contributed by atoms with Gasteiger partial charge in [0, 0.05) is 0 Å². The molecule has 0 fully saturated rings. The quantitative estimate of drug-likeness (QED) is 0.272. The number of hydrogen-bond donors (Lipinski definition) is 0. The van der Waals surface area contributed by atoms with Crippen molar-refractivity contribution >= 4 is 68.5 Å². The van der Waals surface area contributed by atoms with Gasteiger partial charge in [0.05, 0.1) is 7.11 Å². The fourth-order valence-electron chi connectivity index (χ4n) is 0.211. The summed E-state index contributed by atoms with van der Waals surface area (Å²) >= 11 is 0. The molecule has 0 N–H and O–H groups in total. The minimum absolute atomic E-state index is 1.62. The third kappa shape index (κ3) is 80.3. The zero-order valence-corrected chi connectivity index (χ0v) is 14.2. The first-order chi connectivity index (χ1) is 5.22. The van der Waals surface area contributed by atoms with Crippen molar-refractivity contribution in [2.75, 3.05) is 21.2 Å². The molecular weight excluding hydrogens is 413 g/mol. The molecule has 0 atom stereocenters. The molecule has 0 heterocycles. The molecule has 0 unspecified atom stereocenters. The molecule has 0 aromatic carbocycles. The molecule has 84 valence electrons. The predicted molar refractivity (Wildman–Crippen MR) is 66.1 cm³/mol. The van der Waals surface area contributed by atoms with Crippen LogP contribution in [0.1, 0.15) is 0 Å². The average molecular weight is 423 g/mol. The van der Waals surface area contributed by atoms with Crippen LogP contribution in [0, 0.1) is 0 Å². The second kappa shape index (κ2) is 4.91. The summed E-state index contributed by atoms with van der Waals surface area (Å²) < 4.78 is 6.44. The summed E-state index contributed by atoms with van der Waals surface area (Å²) in [4.78, 5) is 0. The number of ether oxygens (including phenoxy) is 1. The van der Waals surface area contributed by atoms with Gasteiger partial charge in [-0.3, -0.25) is 0 Å². The van der Waals surface area contributed by atoms with E-state index in [1.165, 1.54) is 0 Å². The molecule has 0 aliphatic heterocycles. The molecule has 13 heavy (non-hydrogen) atoms. The van der Waals surface area contributed by atoms with E-state index in [0.29, 0.717) is 0 Å². The van der Waals surface area contributed by atoms with E-state index in [-0.39, 0.29) is 0 Å². The Hall–Kier alpha value is 2.03. The van der Waals surface area contributed by atoms with Crippen molar-refractivity contribution < 1.29 is 9.31 Å². The second-order valence-electron chi connectivity index (χ2n) is 2.26. The molecule has 0 amide bonds.